The van der Waals surface area contributed by atoms with Crippen molar-refractivity contribution in [1.29, 1.82) is 0 Å². The van der Waals surface area contributed by atoms with Crippen molar-refractivity contribution in [3.63, 3.8) is 0 Å². The van der Waals surface area contributed by atoms with Crippen LogP contribution in [0.5, 0.6) is 0 Å². The van der Waals surface area contributed by atoms with Crippen LogP contribution in [0.4, 0.5) is 0 Å². The minimum atomic E-state index is 0.661. The summed E-state index contributed by atoms with van der Waals surface area (Å²) in [5, 5.41) is 3.57. The van der Waals surface area contributed by atoms with Crippen LogP contribution in [0.2, 0.25) is 0 Å². The van der Waals surface area contributed by atoms with Crippen LogP contribution in [0.1, 0.15) is 49.1 Å². The smallest absolute Gasteiger partial charge is 0.0208 e. The lowest BCUT2D eigenvalue weighted by atomic mass is 9.88. The Morgan fingerprint density at radius 2 is 1.90 bits per heavy atom. The summed E-state index contributed by atoms with van der Waals surface area (Å²) in [7, 11) is 2.31. The third-order valence-electron chi connectivity index (χ3n) is 5.03. The van der Waals surface area contributed by atoms with Gasteiger partial charge in [0, 0.05) is 32.1 Å². The van der Waals surface area contributed by atoms with Gasteiger partial charge >= 0.3 is 0 Å². The molecule has 0 radical (unpaired) electrons. The van der Waals surface area contributed by atoms with Gasteiger partial charge in [-0.3, -0.25) is 0 Å². The van der Waals surface area contributed by atoms with Crippen LogP contribution >= 0.6 is 0 Å². The molecule has 1 aromatic rings. The molecule has 0 aromatic heterocycles. The van der Waals surface area contributed by atoms with Crippen molar-refractivity contribution in [1.82, 2.24) is 10.2 Å². The molecule has 1 unspecified atom stereocenters. The molecule has 1 heterocycles. The van der Waals surface area contributed by atoms with Gasteiger partial charge in [-0.1, -0.05) is 43.5 Å². The summed E-state index contributed by atoms with van der Waals surface area (Å²) in [6.07, 6.45) is 7.26. The van der Waals surface area contributed by atoms with Gasteiger partial charge in [0.15, 0.2) is 0 Å². The number of nitrogens with zero attached hydrogens (tertiary/aromatic N) is 1. The monoisotopic (exact) mass is 272 g/mol. The molecule has 1 aliphatic carbocycles. The van der Waals surface area contributed by atoms with E-state index in [1.807, 2.05) is 0 Å². The van der Waals surface area contributed by atoms with Gasteiger partial charge in [-0.05, 0) is 36.9 Å². The highest BCUT2D eigenvalue weighted by Gasteiger charge is 2.22. The van der Waals surface area contributed by atoms with E-state index in [1.54, 1.807) is 5.56 Å². The zero-order valence-corrected chi connectivity index (χ0v) is 12.8. The number of likely N-dealkylation sites (N-methyl/N-ethyl adjacent to an activating group) is 1. The Kier molecular flexibility index (Phi) is 4.74. The molecule has 1 aromatic carbocycles. The largest absolute Gasteiger partial charge is 0.312 e. The van der Waals surface area contributed by atoms with Gasteiger partial charge in [0.05, 0.1) is 0 Å². The Hall–Kier alpha value is -0.860. The Morgan fingerprint density at radius 1 is 1.10 bits per heavy atom. The molecule has 20 heavy (non-hydrogen) atoms. The van der Waals surface area contributed by atoms with Gasteiger partial charge < -0.3 is 10.2 Å². The van der Waals surface area contributed by atoms with Gasteiger partial charge in [-0.2, -0.15) is 0 Å². The van der Waals surface area contributed by atoms with E-state index >= 15 is 0 Å². The number of hydrogen-bond acceptors (Lipinski definition) is 2. The first-order valence-electron chi connectivity index (χ1n) is 8.30. The fourth-order valence-corrected chi connectivity index (χ4v) is 4.01. The lowest BCUT2D eigenvalue weighted by Gasteiger charge is -2.32. The minimum Gasteiger partial charge on any atom is -0.312 e. The lowest BCUT2D eigenvalue weighted by molar-refractivity contribution is 0.220. The van der Waals surface area contributed by atoms with Crippen molar-refractivity contribution >= 4 is 0 Å². The van der Waals surface area contributed by atoms with Crippen molar-refractivity contribution in [2.75, 3.05) is 26.7 Å². The van der Waals surface area contributed by atoms with Crippen molar-refractivity contribution < 1.29 is 0 Å². The van der Waals surface area contributed by atoms with Gasteiger partial charge in [0.25, 0.3) is 0 Å². The van der Waals surface area contributed by atoms with E-state index in [4.69, 9.17) is 0 Å². The summed E-state index contributed by atoms with van der Waals surface area (Å²) >= 11 is 0. The summed E-state index contributed by atoms with van der Waals surface area (Å²) in [6.45, 7) is 4.66. The maximum Gasteiger partial charge on any atom is 0.0208 e. The molecule has 1 fully saturated rings. The molecule has 2 heteroatoms. The average molecular weight is 272 g/mol. The van der Waals surface area contributed by atoms with Crippen LogP contribution in [-0.2, 0) is 6.54 Å². The second-order valence-corrected chi connectivity index (χ2v) is 6.75. The quantitative estimate of drug-likeness (QED) is 0.904. The Balaban J connectivity index is 1.57. The van der Waals surface area contributed by atoms with Crippen molar-refractivity contribution in [2.24, 2.45) is 5.92 Å². The summed E-state index contributed by atoms with van der Waals surface area (Å²) in [5.41, 5.74) is 3.07. The molecule has 0 amide bonds. The SMILES string of the molecule is CN(CC1CCCCC1)CC1CNCc2ccccc21. The average Bonchev–Trinajstić information content (AvgIpc) is 2.48. The van der Waals surface area contributed by atoms with E-state index in [1.165, 1.54) is 50.8 Å². The number of benzene rings is 1. The fourth-order valence-electron chi connectivity index (χ4n) is 4.01. The van der Waals surface area contributed by atoms with E-state index in [-0.39, 0.29) is 0 Å². The second-order valence-electron chi connectivity index (χ2n) is 6.75. The Bertz CT molecular complexity index is 423. The third kappa shape index (κ3) is 3.42. The predicted octanol–water partition coefficient (Wildman–Crippen LogP) is 3.39. The van der Waals surface area contributed by atoms with E-state index in [2.05, 4.69) is 41.5 Å². The summed E-state index contributed by atoms with van der Waals surface area (Å²) in [5.74, 6) is 1.61. The Labute approximate surface area is 123 Å². The van der Waals surface area contributed by atoms with Gasteiger partial charge in [0.2, 0.25) is 0 Å². The van der Waals surface area contributed by atoms with Gasteiger partial charge in [-0.15, -0.1) is 0 Å². The van der Waals surface area contributed by atoms with Crippen LogP contribution < -0.4 is 5.32 Å². The van der Waals surface area contributed by atoms with Gasteiger partial charge in [0.1, 0.15) is 0 Å². The molecule has 1 saturated carbocycles. The van der Waals surface area contributed by atoms with E-state index in [0.717, 1.165) is 19.0 Å². The first kappa shape index (κ1) is 14.1. The maximum atomic E-state index is 3.57. The number of nitrogens with one attached hydrogen (secondary N) is 1. The molecule has 2 nitrogen and oxygen atoms in total. The lowest BCUT2D eigenvalue weighted by Crippen LogP contribution is -2.37. The van der Waals surface area contributed by atoms with Crippen LogP contribution in [0, 0.1) is 5.92 Å². The zero-order valence-electron chi connectivity index (χ0n) is 12.8. The van der Waals surface area contributed by atoms with E-state index in [9.17, 15) is 0 Å². The first-order valence-corrected chi connectivity index (χ1v) is 8.30. The summed E-state index contributed by atoms with van der Waals surface area (Å²) in [4.78, 5) is 2.57. The van der Waals surface area contributed by atoms with Gasteiger partial charge in [-0.25, -0.2) is 0 Å². The Morgan fingerprint density at radius 3 is 2.75 bits per heavy atom. The standard InChI is InChI=1S/C18H28N2/c1-20(13-15-7-3-2-4-8-15)14-17-12-19-11-16-9-5-6-10-18(16)17/h5-6,9-10,15,17,19H,2-4,7-8,11-14H2,1H3. The second kappa shape index (κ2) is 6.73. The molecule has 110 valence electrons. The number of hydrogen-bond donors (Lipinski definition) is 1. The summed E-state index contributed by atoms with van der Waals surface area (Å²) in [6, 6.07) is 8.96. The fraction of sp³-hybridized carbons (Fsp3) is 0.667. The maximum absolute atomic E-state index is 3.57. The van der Waals surface area contributed by atoms with E-state index in [0.29, 0.717) is 5.92 Å². The van der Waals surface area contributed by atoms with Crippen LogP contribution in [0.15, 0.2) is 24.3 Å². The number of fused-ring (bicyclic) bond motifs is 1. The van der Waals surface area contributed by atoms with Crippen LogP contribution in [-0.4, -0.2) is 31.6 Å². The topological polar surface area (TPSA) is 15.3 Å². The van der Waals surface area contributed by atoms with Crippen molar-refractivity contribution in [3.05, 3.63) is 35.4 Å². The van der Waals surface area contributed by atoms with Crippen LogP contribution in [0.25, 0.3) is 0 Å². The molecular formula is C18H28N2. The molecule has 0 bridgehead atoms. The van der Waals surface area contributed by atoms with Crippen LogP contribution in [0.3, 0.4) is 0 Å². The molecule has 0 saturated heterocycles. The zero-order chi connectivity index (χ0) is 13.8. The molecule has 3 rings (SSSR count). The predicted molar refractivity (Wildman–Crippen MR) is 85.0 cm³/mol. The van der Waals surface area contributed by atoms with Crippen molar-refractivity contribution in [3.8, 4) is 0 Å². The minimum absolute atomic E-state index is 0.661. The molecule has 1 aliphatic heterocycles. The first-order chi connectivity index (χ1) is 9.83. The summed E-state index contributed by atoms with van der Waals surface area (Å²) < 4.78 is 0. The normalized spacial score (nSPS) is 23.8. The highest BCUT2D eigenvalue weighted by atomic mass is 15.1. The van der Waals surface area contributed by atoms with Crippen molar-refractivity contribution in [2.45, 2.75) is 44.6 Å². The number of rotatable bonds is 4. The molecule has 0 spiro atoms. The molecular weight excluding hydrogens is 244 g/mol. The molecule has 1 atom stereocenters. The third-order valence-corrected chi connectivity index (χ3v) is 5.03. The highest BCUT2D eigenvalue weighted by Crippen LogP contribution is 2.27. The van der Waals surface area contributed by atoms with E-state index < -0.39 is 0 Å². The molecule has 2 aliphatic rings. The highest BCUT2D eigenvalue weighted by molar-refractivity contribution is 5.32. The molecule has 1 N–H and O–H groups in total.